The smallest absolute Gasteiger partial charge is 0.322 e. The highest BCUT2D eigenvalue weighted by atomic mass is 35.5. The van der Waals surface area contributed by atoms with Crippen LogP contribution in [0, 0.1) is 6.92 Å². The molecule has 1 saturated heterocycles. The van der Waals surface area contributed by atoms with Gasteiger partial charge >= 0.3 is 6.03 Å². The van der Waals surface area contributed by atoms with E-state index in [0.29, 0.717) is 29.4 Å². The minimum absolute atomic E-state index is 0.0303. The van der Waals surface area contributed by atoms with Gasteiger partial charge in [0.05, 0.1) is 12.6 Å². The maximum absolute atomic E-state index is 13.0. The number of pyridine rings is 1. The second-order valence-electron chi connectivity index (χ2n) is 7.67. The van der Waals surface area contributed by atoms with Gasteiger partial charge in [-0.3, -0.25) is 4.79 Å². The molecule has 2 heterocycles. The van der Waals surface area contributed by atoms with Gasteiger partial charge in [0.2, 0.25) is 0 Å². The van der Waals surface area contributed by atoms with E-state index in [1.165, 1.54) is 0 Å². The van der Waals surface area contributed by atoms with Gasteiger partial charge in [-0.05, 0) is 61.0 Å². The summed E-state index contributed by atoms with van der Waals surface area (Å²) >= 11 is 6.03. The molecule has 3 aromatic rings. The minimum atomic E-state index is -0.295. The molecular weight excluding hydrogens is 402 g/mol. The SMILES string of the molecule is Cc1ccc2cc(CN(CC3CCCO3)C(=O)Nc3cccc(Cl)c3)c(=O)[nH]c2c1. The Balaban J connectivity index is 1.59. The Kier molecular flexibility index (Phi) is 6.06. The third kappa shape index (κ3) is 4.83. The fourth-order valence-electron chi connectivity index (χ4n) is 3.71. The molecule has 0 aliphatic carbocycles. The van der Waals surface area contributed by atoms with E-state index in [1.807, 2.05) is 31.2 Å². The number of hydrogen-bond donors (Lipinski definition) is 2. The molecule has 2 N–H and O–H groups in total. The van der Waals surface area contributed by atoms with E-state index in [9.17, 15) is 9.59 Å². The van der Waals surface area contributed by atoms with E-state index in [1.54, 1.807) is 29.2 Å². The number of nitrogens with one attached hydrogen (secondary N) is 2. The molecule has 7 heteroatoms. The van der Waals surface area contributed by atoms with Crippen LogP contribution in [0.15, 0.2) is 53.3 Å². The Morgan fingerprint density at radius 2 is 2.13 bits per heavy atom. The molecule has 2 aromatic carbocycles. The zero-order valence-electron chi connectivity index (χ0n) is 16.8. The van der Waals surface area contributed by atoms with Crippen molar-refractivity contribution in [3.63, 3.8) is 0 Å². The topological polar surface area (TPSA) is 74.4 Å². The van der Waals surface area contributed by atoms with Crippen LogP contribution in [0.5, 0.6) is 0 Å². The van der Waals surface area contributed by atoms with Crippen LogP contribution in [0.3, 0.4) is 0 Å². The summed E-state index contributed by atoms with van der Waals surface area (Å²) in [6.45, 7) is 3.28. The van der Waals surface area contributed by atoms with Gasteiger partial charge in [0.25, 0.3) is 5.56 Å². The van der Waals surface area contributed by atoms with E-state index < -0.39 is 0 Å². The molecule has 0 radical (unpaired) electrons. The summed E-state index contributed by atoms with van der Waals surface area (Å²) in [6, 6.07) is 14.5. The fraction of sp³-hybridized carbons (Fsp3) is 0.304. The van der Waals surface area contributed by atoms with Gasteiger partial charge in [0.15, 0.2) is 0 Å². The lowest BCUT2D eigenvalue weighted by molar-refractivity contribution is 0.0818. The number of anilines is 1. The number of halogens is 1. The van der Waals surface area contributed by atoms with Crippen molar-refractivity contribution in [2.45, 2.75) is 32.4 Å². The molecule has 4 rings (SSSR count). The predicted molar refractivity (Wildman–Crippen MR) is 119 cm³/mol. The number of rotatable bonds is 5. The molecule has 156 valence electrons. The van der Waals surface area contributed by atoms with Gasteiger partial charge in [0, 0.05) is 34.9 Å². The Bertz CT molecular complexity index is 1120. The van der Waals surface area contributed by atoms with Crippen molar-refractivity contribution in [2.75, 3.05) is 18.5 Å². The molecule has 1 unspecified atom stereocenters. The molecule has 30 heavy (non-hydrogen) atoms. The first-order chi connectivity index (χ1) is 14.5. The lowest BCUT2D eigenvalue weighted by Crippen LogP contribution is -2.40. The molecule has 0 bridgehead atoms. The van der Waals surface area contributed by atoms with Crippen molar-refractivity contribution in [3.05, 3.63) is 75.0 Å². The Labute approximate surface area is 179 Å². The van der Waals surface area contributed by atoms with Crippen LogP contribution in [-0.2, 0) is 11.3 Å². The van der Waals surface area contributed by atoms with Gasteiger partial charge in [-0.25, -0.2) is 4.79 Å². The maximum Gasteiger partial charge on any atom is 0.322 e. The van der Waals surface area contributed by atoms with Gasteiger partial charge in [-0.15, -0.1) is 0 Å². The van der Waals surface area contributed by atoms with Crippen LogP contribution in [0.1, 0.15) is 24.0 Å². The molecule has 1 aliphatic heterocycles. The zero-order valence-corrected chi connectivity index (χ0v) is 17.5. The van der Waals surface area contributed by atoms with Crippen molar-refractivity contribution in [1.82, 2.24) is 9.88 Å². The van der Waals surface area contributed by atoms with Gasteiger partial charge in [-0.1, -0.05) is 29.8 Å². The number of ether oxygens (including phenoxy) is 1. The first-order valence-electron chi connectivity index (χ1n) is 10.0. The van der Waals surface area contributed by atoms with Crippen LogP contribution >= 0.6 is 11.6 Å². The molecule has 6 nitrogen and oxygen atoms in total. The van der Waals surface area contributed by atoms with Crippen LogP contribution in [0.25, 0.3) is 10.9 Å². The van der Waals surface area contributed by atoms with Crippen LogP contribution in [0.4, 0.5) is 10.5 Å². The summed E-state index contributed by atoms with van der Waals surface area (Å²) in [4.78, 5) is 30.3. The number of carbonyl (C=O) groups excluding carboxylic acids is 1. The fourth-order valence-corrected chi connectivity index (χ4v) is 3.90. The number of benzene rings is 2. The third-order valence-electron chi connectivity index (χ3n) is 5.25. The number of fused-ring (bicyclic) bond motifs is 1. The Morgan fingerprint density at radius 1 is 1.27 bits per heavy atom. The first-order valence-corrected chi connectivity index (χ1v) is 10.4. The van der Waals surface area contributed by atoms with E-state index in [-0.39, 0.29) is 24.2 Å². The molecule has 0 saturated carbocycles. The van der Waals surface area contributed by atoms with Gasteiger partial charge in [-0.2, -0.15) is 0 Å². The number of carbonyl (C=O) groups is 1. The minimum Gasteiger partial charge on any atom is -0.376 e. The number of hydrogen-bond acceptors (Lipinski definition) is 3. The van der Waals surface area contributed by atoms with Crippen molar-refractivity contribution in [1.29, 1.82) is 0 Å². The monoisotopic (exact) mass is 425 g/mol. The first kappa shape index (κ1) is 20.4. The molecule has 1 aliphatic rings. The molecular formula is C23H24ClN3O3. The number of amides is 2. The lowest BCUT2D eigenvalue weighted by atomic mass is 10.1. The lowest BCUT2D eigenvalue weighted by Gasteiger charge is -2.25. The van der Waals surface area contributed by atoms with E-state index >= 15 is 0 Å². The van der Waals surface area contributed by atoms with Crippen molar-refractivity contribution in [2.24, 2.45) is 0 Å². The van der Waals surface area contributed by atoms with Gasteiger partial charge < -0.3 is 19.9 Å². The summed E-state index contributed by atoms with van der Waals surface area (Å²) in [5, 5.41) is 4.35. The maximum atomic E-state index is 13.0. The molecule has 2 amide bonds. The second kappa shape index (κ2) is 8.90. The second-order valence-corrected chi connectivity index (χ2v) is 8.11. The van der Waals surface area contributed by atoms with Crippen LogP contribution in [-0.4, -0.2) is 35.2 Å². The quantitative estimate of drug-likeness (QED) is 0.622. The largest absolute Gasteiger partial charge is 0.376 e. The van der Waals surface area contributed by atoms with Crippen molar-refractivity contribution in [3.8, 4) is 0 Å². The number of H-pyrrole nitrogens is 1. The van der Waals surface area contributed by atoms with E-state index in [4.69, 9.17) is 16.3 Å². The van der Waals surface area contributed by atoms with Crippen molar-refractivity contribution < 1.29 is 9.53 Å². The number of urea groups is 1. The zero-order chi connectivity index (χ0) is 21.1. The number of nitrogens with zero attached hydrogens (tertiary/aromatic N) is 1. The number of aryl methyl sites for hydroxylation is 1. The molecule has 1 atom stereocenters. The van der Waals surface area contributed by atoms with Crippen molar-refractivity contribution >= 4 is 34.2 Å². The Hall–Kier alpha value is -2.83. The average molecular weight is 426 g/mol. The summed E-state index contributed by atoms with van der Waals surface area (Å²) < 4.78 is 5.73. The molecule has 1 fully saturated rings. The van der Waals surface area contributed by atoms with Gasteiger partial charge in [0.1, 0.15) is 0 Å². The molecule has 1 aromatic heterocycles. The summed E-state index contributed by atoms with van der Waals surface area (Å²) in [6.07, 6.45) is 1.84. The summed E-state index contributed by atoms with van der Waals surface area (Å²) in [5.41, 5.74) is 2.81. The van der Waals surface area contributed by atoms with Crippen LogP contribution < -0.4 is 10.9 Å². The third-order valence-corrected chi connectivity index (χ3v) is 5.49. The molecule has 0 spiro atoms. The summed E-state index contributed by atoms with van der Waals surface area (Å²) in [7, 11) is 0. The average Bonchev–Trinajstić information content (AvgIpc) is 3.21. The highest BCUT2D eigenvalue weighted by Crippen LogP contribution is 2.19. The van der Waals surface area contributed by atoms with E-state index in [0.717, 1.165) is 29.3 Å². The normalized spacial score (nSPS) is 16.0. The van der Waals surface area contributed by atoms with E-state index in [2.05, 4.69) is 10.3 Å². The highest BCUT2D eigenvalue weighted by Gasteiger charge is 2.24. The highest BCUT2D eigenvalue weighted by molar-refractivity contribution is 6.30. The predicted octanol–water partition coefficient (Wildman–Crippen LogP) is 4.70. The summed E-state index contributed by atoms with van der Waals surface area (Å²) in [5.74, 6) is 0. The Morgan fingerprint density at radius 3 is 2.90 bits per heavy atom. The number of aromatic amines is 1. The number of aromatic nitrogens is 1. The van der Waals surface area contributed by atoms with Crippen LogP contribution in [0.2, 0.25) is 5.02 Å². The standard InChI is InChI=1S/C23H24ClN3O3/c1-15-7-8-16-11-17(22(28)26-21(16)10-15)13-27(14-20-6-3-9-30-20)23(29)25-19-5-2-4-18(24)12-19/h2,4-5,7-8,10-12,20H,3,6,9,13-14H2,1H3,(H,25,29)(H,26,28).